The number of hydrogen-bond acceptors (Lipinski definition) is 3. The van der Waals surface area contributed by atoms with Crippen molar-refractivity contribution in [3.63, 3.8) is 0 Å². The standard InChI is InChI=1S/C8H16N2O2/c1-2-7(9)8(12)10-4-3-6(11)5-10/h6-7,11H,2-5,9H2,1H3/t6?,7-/m0/s1. The van der Waals surface area contributed by atoms with Crippen molar-refractivity contribution in [1.29, 1.82) is 0 Å². The summed E-state index contributed by atoms with van der Waals surface area (Å²) in [7, 11) is 0. The Morgan fingerprint density at radius 2 is 2.50 bits per heavy atom. The number of nitrogens with two attached hydrogens (primary N) is 1. The molecule has 2 atom stereocenters. The fraction of sp³-hybridized carbons (Fsp3) is 0.875. The van der Waals surface area contributed by atoms with Crippen molar-refractivity contribution in [3.05, 3.63) is 0 Å². The highest BCUT2D eigenvalue weighted by Gasteiger charge is 2.26. The van der Waals surface area contributed by atoms with Crippen molar-refractivity contribution in [2.75, 3.05) is 13.1 Å². The van der Waals surface area contributed by atoms with Gasteiger partial charge in [0.15, 0.2) is 0 Å². The molecule has 1 unspecified atom stereocenters. The van der Waals surface area contributed by atoms with Crippen LogP contribution in [0.5, 0.6) is 0 Å². The average molecular weight is 172 g/mol. The van der Waals surface area contributed by atoms with E-state index in [0.29, 0.717) is 25.9 Å². The van der Waals surface area contributed by atoms with Crippen molar-refractivity contribution in [1.82, 2.24) is 4.90 Å². The first-order chi connectivity index (χ1) is 5.65. The van der Waals surface area contributed by atoms with E-state index in [1.54, 1.807) is 4.90 Å². The second kappa shape index (κ2) is 3.87. The van der Waals surface area contributed by atoms with Crippen LogP contribution in [0.4, 0.5) is 0 Å². The van der Waals surface area contributed by atoms with Crippen LogP contribution < -0.4 is 5.73 Å². The van der Waals surface area contributed by atoms with E-state index in [1.165, 1.54) is 0 Å². The third-order valence-corrected chi connectivity index (χ3v) is 2.23. The molecule has 1 saturated heterocycles. The van der Waals surface area contributed by atoms with E-state index >= 15 is 0 Å². The van der Waals surface area contributed by atoms with Crippen molar-refractivity contribution in [2.45, 2.75) is 31.9 Å². The Labute approximate surface area is 72.3 Å². The minimum Gasteiger partial charge on any atom is -0.391 e. The molecule has 70 valence electrons. The Balaban J connectivity index is 2.43. The first kappa shape index (κ1) is 9.48. The summed E-state index contributed by atoms with van der Waals surface area (Å²) in [6.45, 7) is 2.98. The van der Waals surface area contributed by atoms with Crippen LogP contribution in [-0.4, -0.2) is 41.1 Å². The second-order valence-corrected chi connectivity index (χ2v) is 3.24. The summed E-state index contributed by atoms with van der Waals surface area (Å²) in [5.41, 5.74) is 5.57. The first-order valence-electron chi connectivity index (χ1n) is 4.37. The van der Waals surface area contributed by atoms with E-state index in [2.05, 4.69) is 0 Å². The highest BCUT2D eigenvalue weighted by molar-refractivity contribution is 5.81. The van der Waals surface area contributed by atoms with Crippen LogP contribution in [0.25, 0.3) is 0 Å². The molecule has 0 spiro atoms. The first-order valence-corrected chi connectivity index (χ1v) is 4.37. The van der Waals surface area contributed by atoms with Gasteiger partial charge in [-0.2, -0.15) is 0 Å². The molecule has 4 nitrogen and oxygen atoms in total. The third kappa shape index (κ3) is 1.95. The van der Waals surface area contributed by atoms with Gasteiger partial charge in [-0.3, -0.25) is 4.79 Å². The van der Waals surface area contributed by atoms with Gasteiger partial charge < -0.3 is 15.7 Å². The van der Waals surface area contributed by atoms with Crippen LogP contribution >= 0.6 is 0 Å². The van der Waals surface area contributed by atoms with Gasteiger partial charge in [0, 0.05) is 13.1 Å². The van der Waals surface area contributed by atoms with Crippen LogP contribution in [0.1, 0.15) is 19.8 Å². The Morgan fingerprint density at radius 3 is 2.92 bits per heavy atom. The number of likely N-dealkylation sites (tertiary alicyclic amines) is 1. The Bertz CT molecular complexity index is 172. The zero-order valence-electron chi connectivity index (χ0n) is 7.36. The molecule has 0 radical (unpaired) electrons. The SMILES string of the molecule is CC[C@H](N)C(=O)N1CCC(O)C1. The third-order valence-electron chi connectivity index (χ3n) is 2.23. The van der Waals surface area contributed by atoms with Gasteiger partial charge in [0.05, 0.1) is 12.1 Å². The number of amides is 1. The highest BCUT2D eigenvalue weighted by Crippen LogP contribution is 2.10. The number of aliphatic hydroxyl groups is 1. The van der Waals surface area contributed by atoms with Crippen LogP contribution in [0.15, 0.2) is 0 Å². The molecule has 1 fully saturated rings. The minimum absolute atomic E-state index is 0.0333. The summed E-state index contributed by atoms with van der Waals surface area (Å²) in [6.07, 6.45) is 0.992. The van der Waals surface area contributed by atoms with Crippen molar-refractivity contribution < 1.29 is 9.90 Å². The fourth-order valence-electron chi connectivity index (χ4n) is 1.35. The molecule has 1 heterocycles. The van der Waals surface area contributed by atoms with E-state index in [1.807, 2.05) is 6.92 Å². The molecule has 0 aromatic carbocycles. The lowest BCUT2D eigenvalue weighted by atomic mass is 10.2. The molecule has 3 N–H and O–H groups in total. The molecule has 1 aliphatic rings. The van der Waals surface area contributed by atoms with Crippen LogP contribution in [0, 0.1) is 0 Å². The maximum atomic E-state index is 11.4. The average Bonchev–Trinajstić information content (AvgIpc) is 2.49. The van der Waals surface area contributed by atoms with Crippen molar-refractivity contribution in [2.24, 2.45) is 5.73 Å². The fourth-order valence-corrected chi connectivity index (χ4v) is 1.35. The topological polar surface area (TPSA) is 66.6 Å². The number of aliphatic hydroxyl groups excluding tert-OH is 1. The number of carbonyl (C=O) groups excluding carboxylic acids is 1. The number of nitrogens with zero attached hydrogens (tertiary/aromatic N) is 1. The van der Waals surface area contributed by atoms with Crippen LogP contribution in [-0.2, 0) is 4.79 Å². The zero-order chi connectivity index (χ0) is 9.14. The zero-order valence-corrected chi connectivity index (χ0v) is 7.36. The molecule has 12 heavy (non-hydrogen) atoms. The summed E-state index contributed by atoms with van der Waals surface area (Å²) in [6, 6.07) is -0.393. The quantitative estimate of drug-likeness (QED) is 0.580. The lowest BCUT2D eigenvalue weighted by Crippen LogP contribution is -2.42. The van der Waals surface area contributed by atoms with Gasteiger partial charge in [-0.1, -0.05) is 6.92 Å². The van der Waals surface area contributed by atoms with Crippen molar-refractivity contribution in [3.8, 4) is 0 Å². The van der Waals surface area contributed by atoms with Crippen molar-refractivity contribution >= 4 is 5.91 Å². The van der Waals surface area contributed by atoms with E-state index < -0.39 is 6.04 Å². The molecule has 1 aliphatic heterocycles. The highest BCUT2D eigenvalue weighted by atomic mass is 16.3. The Hall–Kier alpha value is -0.610. The summed E-state index contributed by atoms with van der Waals surface area (Å²) < 4.78 is 0. The number of β-amino-alcohol motifs (C(OH)–C–C–N with tert-alkyl or cyclic N) is 1. The Morgan fingerprint density at radius 1 is 1.83 bits per heavy atom. The van der Waals surface area contributed by atoms with Gasteiger partial charge in [-0.15, -0.1) is 0 Å². The molecule has 0 aliphatic carbocycles. The van der Waals surface area contributed by atoms with E-state index in [0.717, 1.165) is 0 Å². The minimum atomic E-state index is -0.393. The van der Waals surface area contributed by atoms with Gasteiger partial charge in [-0.05, 0) is 12.8 Å². The molecular formula is C8H16N2O2. The predicted octanol–water partition coefficient (Wildman–Crippen LogP) is -0.683. The lowest BCUT2D eigenvalue weighted by Gasteiger charge is -2.18. The van der Waals surface area contributed by atoms with Crippen LogP contribution in [0.2, 0.25) is 0 Å². The molecule has 0 aromatic rings. The summed E-state index contributed by atoms with van der Waals surface area (Å²) in [5, 5.41) is 9.17. The largest absolute Gasteiger partial charge is 0.391 e. The molecular weight excluding hydrogens is 156 g/mol. The van der Waals surface area contributed by atoms with Gasteiger partial charge >= 0.3 is 0 Å². The normalized spacial score (nSPS) is 25.9. The second-order valence-electron chi connectivity index (χ2n) is 3.24. The van der Waals surface area contributed by atoms with Gasteiger partial charge in [0.2, 0.25) is 5.91 Å². The van der Waals surface area contributed by atoms with Gasteiger partial charge in [0.1, 0.15) is 0 Å². The maximum absolute atomic E-state index is 11.4. The molecule has 0 bridgehead atoms. The smallest absolute Gasteiger partial charge is 0.239 e. The summed E-state index contributed by atoms with van der Waals surface area (Å²) in [5.74, 6) is -0.0333. The molecule has 0 aromatic heterocycles. The van der Waals surface area contributed by atoms with E-state index in [4.69, 9.17) is 10.8 Å². The number of rotatable bonds is 2. The molecule has 4 heteroatoms. The van der Waals surface area contributed by atoms with Gasteiger partial charge in [0.25, 0.3) is 0 Å². The Kier molecular flexibility index (Phi) is 3.05. The van der Waals surface area contributed by atoms with E-state index in [-0.39, 0.29) is 12.0 Å². The summed E-state index contributed by atoms with van der Waals surface area (Å²) in [4.78, 5) is 13.0. The number of hydrogen-bond donors (Lipinski definition) is 2. The maximum Gasteiger partial charge on any atom is 0.239 e. The van der Waals surface area contributed by atoms with Crippen LogP contribution in [0.3, 0.4) is 0 Å². The number of carbonyl (C=O) groups is 1. The molecule has 1 rings (SSSR count). The lowest BCUT2D eigenvalue weighted by molar-refractivity contribution is -0.131. The molecule has 0 saturated carbocycles. The monoisotopic (exact) mass is 172 g/mol. The van der Waals surface area contributed by atoms with E-state index in [9.17, 15) is 4.79 Å². The molecule has 1 amide bonds. The van der Waals surface area contributed by atoms with Gasteiger partial charge in [-0.25, -0.2) is 0 Å². The predicted molar refractivity (Wildman–Crippen MR) is 45.5 cm³/mol. The summed E-state index contributed by atoms with van der Waals surface area (Å²) >= 11 is 0.